The summed E-state index contributed by atoms with van der Waals surface area (Å²) in [6, 6.07) is 46.3. The Hall–Kier alpha value is -4.53. The molecule has 2 heteroatoms. The molecule has 0 saturated heterocycles. The quantitative estimate of drug-likeness (QED) is 0.230. The van der Waals surface area contributed by atoms with Crippen molar-refractivity contribution in [2.24, 2.45) is 0 Å². The van der Waals surface area contributed by atoms with Crippen LogP contribution in [0.25, 0.3) is 39.1 Å². The number of hydrogen-bond acceptors (Lipinski definition) is 2. The lowest BCUT2D eigenvalue weighted by Gasteiger charge is -2.35. The van der Waals surface area contributed by atoms with Crippen LogP contribution in [0.15, 0.2) is 143 Å². The Balaban J connectivity index is 1.34. The summed E-state index contributed by atoms with van der Waals surface area (Å²) in [6.07, 6.45) is 5.54. The summed E-state index contributed by atoms with van der Waals surface area (Å²) in [7, 11) is 0. The van der Waals surface area contributed by atoms with E-state index in [9.17, 15) is 0 Å². The van der Waals surface area contributed by atoms with Gasteiger partial charge in [0.15, 0.2) is 0 Å². The van der Waals surface area contributed by atoms with Crippen molar-refractivity contribution in [2.45, 2.75) is 16.2 Å². The number of allylic oxidation sites excluding steroid dienone is 1. The first-order chi connectivity index (χ1) is 19.3. The van der Waals surface area contributed by atoms with Gasteiger partial charge in [0.1, 0.15) is 0 Å². The molecule has 184 valence electrons. The normalized spacial score (nSPS) is 13.3. The maximum Gasteiger partial charge on any atom is 0.0610 e. The maximum atomic E-state index is 2.46. The molecule has 1 heterocycles. The lowest BCUT2D eigenvalue weighted by Crippen LogP contribution is -2.16. The molecule has 0 spiro atoms. The molecule has 0 aromatic heterocycles. The first-order valence-electron chi connectivity index (χ1n) is 13.4. The van der Waals surface area contributed by atoms with Gasteiger partial charge in [0.25, 0.3) is 0 Å². The number of benzene rings is 6. The highest BCUT2D eigenvalue weighted by Crippen LogP contribution is 2.55. The summed E-state index contributed by atoms with van der Waals surface area (Å²) < 4.78 is 0. The Bertz CT molecular complexity index is 1890. The molecule has 6 aromatic rings. The second-order valence-electron chi connectivity index (χ2n) is 10.2. The molecule has 6 aromatic carbocycles. The van der Waals surface area contributed by atoms with Gasteiger partial charge in [-0.05, 0) is 80.9 Å². The van der Waals surface area contributed by atoms with Crippen molar-refractivity contribution in [3.8, 4) is 22.3 Å². The van der Waals surface area contributed by atoms with Gasteiger partial charge in [-0.1, -0.05) is 121 Å². The second-order valence-corrected chi connectivity index (χ2v) is 11.2. The fourth-order valence-corrected chi connectivity index (χ4v) is 7.23. The van der Waals surface area contributed by atoms with Gasteiger partial charge in [-0.2, -0.15) is 0 Å². The predicted molar refractivity (Wildman–Crippen MR) is 166 cm³/mol. The van der Waals surface area contributed by atoms with Crippen molar-refractivity contribution in [1.82, 2.24) is 0 Å². The van der Waals surface area contributed by atoms with E-state index in [2.05, 4.69) is 144 Å². The van der Waals surface area contributed by atoms with E-state index in [4.69, 9.17) is 0 Å². The van der Waals surface area contributed by atoms with Crippen LogP contribution in [-0.4, -0.2) is 0 Å². The molecule has 0 amide bonds. The first kappa shape index (κ1) is 22.5. The molecule has 39 heavy (non-hydrogen) atoms. The van der Waals surface area contributed by atoms with Gasteiger partial charge in [-0.3, -0.25) is 0 Å². The number of nitrogens with zero attached hydrogens (tertiary/aromatic N) is 1. The molecule has 0 bridgehead atoms. The average Bonchev–Trinajstić information content (AvgIpc) is 3.01. The molecule has 2 aliphatic rings. The Kier molecular flexibility index (Phi) is 5.21. The molecule has 1 aliphatic heterocycles. The van der Waals surface area contributed by atoms with Gasteiger partial charge in [-0.15, -0.1) is 0 Å². The molecular weight excluding hydrogens is 490 g/mol. The van der Waals surface area contributed by atoms with Crippen molar-refractivity contribution in [1.29, 1.82) is 0 Å². The number of anilines is 3. The molecule has 0 radical (unpaired) electrons. The number of fused-ring (bicyclic) bond motifs is 3. The summed E-state index contributed by atoms with van der Waals surface area (Å²) in [4.78, 5) is 5.12. The molecular formula is C37H25NS. The van der Waals surface area contributed by atoms with E-state index in [1.54, 1.807) is 0 Å². The summed E-state index contributed by atoms with van der Waals surface area (Å²) in [5.74, 6) is 0. The predicted octanol–water partition coefficient (Wildman–Crippen LogP) is 10.7. The Morgan fingerprint density at radius 1 is 0.564 bits per heavy atom. The Labute approximate surface area is 233 Å². The monoisotopic (exact) mass is 515 g/mol. The third-order valence-corrected chi connectivity index (χ3v) is 9.05. The molecule has 0 atom stereocenters. The highest BCUT2D eigenvalue weighted by Gasteiger charge is 2.29. The smallest absolute Gasteiger partial charge is 0.0610 e. The molecule has 0 fully saturated rings. The van der Waals surface area contributed by atoms with E-state index >= 15 is 0 Å². The molecule has 1 nitrogen and oxygen atoms in total. The fourth-order valence-electron chi connectivity index (χ4n) is 6.00. The lowest BCUT2D eigenvalue weighted by molar-refractivity contribution is 1.12. The van der Waals surface area contributed by atoms with Crippen LogP contribution in [0.5, 0.6) is 0 Å². The second kappa shape index (κ2) is 9.04. The van der Waals surface area contributed by atoms with Gasteiger partial charge in [0, 0.05) is 15.5 Å². The SMILES string of the molecule is C1=Cc2cccc3cc4c(c(c23)C1)Sc1cc(-c2ccccc2)ccc1N4c1ccc(-c2ccccc2)cc1. The van der Waals surface area contributed by atoms with Crippen molar-refractivity contribution in [3.63, 3.8) is 0 Å². The molecule has 8 rings (SSSR count). The van der Waals surface area contributed by atoms with Crippen LogP contribution in [-0.2, 0) is 6.42 Å². The molecule has 0 saturated carbocycles. The van der Waals surface area contributed by atoms with Crippen molar-refractivity contribution >= 4 is 45.7 Å². The van der Waals surface area contributed by atoms with E-state index in [-0.39, 0.29) is 0 Å². The minimum atomic E-state index is 0.957. The molecule has 0 N–H and O–H groups in total. The summed E-state index contributed by atoms with van der Waals surface area (Å²) in [5, 5.41) is 2.70. The van der Waals surface area contributed by atoms with Crippen LogP contribution in [0.1, 0.15) is 11.1 Å². The number of rotatable bonds is 3. The summed E-state index contributed by atoms with van der Waals surface area (Å²) in [6.45, 7) is 0. The third kappa shape index (κ3) is 3.71. The highest BCUT2D eigenvalue weighted by atomic mass is 32.2. The standard InChI is InChI=1S/C37H25NS/c1-3-9-25(10-4-1)27-17-20-31(21-18-27)38-33-22-19-29(26-11-5-2-6-12-26)24-35(33)39-37-32-16-8-14-28-13-7-15-30(36(28)32)23-34(37)38/h1-15,17-24H,16H2. The third-order valence-electron chi connectivity index (χ3n) is 7.84. The maximum absolute atomic E-state index is 2.46. The lowest BCUT2D eigenvalue weighted by atomic mass is 9.92. The summed E-state index contributed by atoms with van der Waals surface area (Å²) in [5.41, 5.74) is 11.4. The minimum absolute atomic E-state index is 0.957. The number of hydrogen-bond donors (Lipinski definition) is 0. The Morgan fingerprint density at radius 3 is 2.03 bits per heavy atom. The van der Waals surface area contributed by atoms with E-state index in [0.29, 0.717) is 0 Å². The molecule has 0 unspecified atom stereocenters. The van der Waals surface area contributed by atoms with Crippen molar-refractivity contribution in [3.05, 3.63) is 145 Å². The average molecular weight is 516 g/mol. The van der Waals surface area contributed by atoms with Crippen molar-refractivity contribution < 1.29 is 0 Å². The molecule has 1 aliphatic carbocycles. The first-order valence-corrected chi connectivity index (χ1v) is 14.2. The van der Waals surface area contributed by atoms with Gasteiger partial charge in [0.05, 0.1) is 11.4 Å². The minimum Gasteiger partial charge on any atom is -0.308 e. The van der Waals surface area contributed by atoms with E-state index in [0.717, 1.165) is 6.42 Å². The van der Waals surface area contributed by atoms with Gasteiger partial charge in [0.2, 0.25) is 0 Å². The zero-order valence-corrected chi connectivity index (χ0v) is 22.2. The van der Waals surface area contributed by atoms with Crippen LogP contribution in [0, 0.1) is 0 Å². The fraction of sp³-hybridized carbons (Fsp3) is 0.0270. The highest BCUT2D eigenvalue weighted by molar-refractivity contribution is 7.99. The van der Waals surface area contributed by atoms with Crippen LogP contribution in [0.4, 0.5) is 17.1 Å². The van der Waals surface area contributed by atoms with Crippen LogP contribution < -0.4 is 4.90 Å². The van der Waals surface area contributed by atoms with Crippen LogP contribution in [0.2, 0.25) is 0 Å². The van der Waals surface area contributed by atoms with Gasteiger partial charge >= 0.3 is 0 Å². The Morgan fingerprint density at radius 2 is 1.26 bits per heavy atom. The van der Waals surface area contributed by atoms with Crippen LogP contribution >= 0.6 is 11.8 Å². The van der Waals surface area contributed by atoms with Crippen LogP contribution in [0.3, 0.4) is 0 Å². The largest absolute Gasteiger partial charge is 0.308 e. The van der Waals surface area contributed by atoms with Gasteiger partial charge in [-0.25, -0.2) is 0 Å². The van der Waals surface area contributed by atoms with E-state index in [1.807, 2.05) is 11.8 Å². The zero-order chi connectivity index (χ0) is 25.8. The van der Waals surface area contributed by atoms with Gasteiger partial charge < -0.3 is 4.90 Å². The summed E-state index contributed by atoms with van der Waals surface area (Å²) >= 11 is 1.92. The van der Waals surface area contributed by atoms with E-state index in [1.165, 1.54) is 71.0 Å². The zero-order valence-electron chi connectivity index (χ0n) is 21.3. The topological polar surface area (TPSA) is 3.24 Å². The van der Waals surface area contributed by atoms with Crippen molar-refractivity contribution in [2.75, 3.05) is 4.90 Å². The van der Waals surface area contributed by atoms with E-state index < -0.39 is 0 Å².